The first-order chi connectivity index (χ1) is 27.8. The van der Waals surface area contributed by atoms with Crippen molar-refractivity contribution < 1.29 is 4.42 Å². The Labute approximate surface area is 321 Å². The van der Waals surface area contributed by atoms with Crippen LogP contribution in [-0.4, -0.2) is 14.5 Å². The van der Waals surface area contributed by atoms with Gasteiger partial charge in [0.25, 0.3) is 0 Å². The second-order valence-corrected chi connectivity index (χ2v) is 14.5. The van der Waals surface area contributed by atoms with Crippen molar-refractivity contribution in [1.29, 1.82) is 0 Å². The Hall–Kier alpha value is -7.56. The maximum absolute atomic E-state index is 6.76. The van der Waals surface area contributed by atoms with Gasteiger partial charge in [-0.05, 0) is 80.2 Å². The summed E-state index contributed by atoms with van der Waals surface area (Å²) in [5.41, 5.74) is 13.0. The van der Waals surface area contributed by atoms with Gasteiger partial charge in [-0.3, -0.25) is 0 Å². The molecule has 9 aromatic carbocycles. The minimum absolute atomic E-state index is 0.671. The number of aromatic nitrogens is 3. The molecule has 0 atom stereocenters. The van der Waals surface area contributed by atoms with Gasteiger partial charge >= 0.3 is 0 Å². The summed E-state index contributed by atoms with van der Waals surface area (Å²) in [6.07, 6.45) is 0. The molecule has 0 aliphatic carbocycles. The number of nitrogens with zero attached hydrogens (tertiary/aromatic N) is 3. The first-order valence-corrected chi connectivity index (χ1v) is 19.0. The van der Waals surface area contributed by atoms with Crippen molar-refractivity contribution in [3.8, 4) is 50.6 Å². The van der Waals surface area contributed by atoms with Crippen LogP contribution in [0.3, 0.4) is 0 Å². The Balaban J connectivity index is 1.02. The van der Waals surface area contributed by atoms with Gasteiger partial charge in [0, 0.05) is 33.0 Å². The molecule has 260 valence electrons. The van der Waals surface area contributed by atoms with E-state index >= 15 is 0 Å². The Kier molecular flexibility index (Phi) is 6.60. The van der Waals surface area contributed by atoms with Crippen LogP contribution in [0.2, 0.25) is 0 Å². The van der Waals surface area contributed by atoms with Gasteiger partial charge in [0.2, 0.25) is 0 Å². The summed E-state index contributed by atoms with van der Waals surface area (Å²) in [5, 5.41) is 8.74. The van der Waals surface area contributed by atoms with Crippen molar-refractivity contribution in [2.75, 3.05) is 0 Å². The maximum Gasteiger partial charge on any atom is 0.180 e. The first-order valence-electron chi connectivity index (χ1n) is 19.0. The summed E-state index contributed by atoms with van der Waals surface area (Å²) in [4.78, 5) is 10.3. The number of benzene rings is 9. The summed E-state index contributed by atoms with van der Waals surface area (Å²) >= 11 is 0. The second-order valence-electron chi connectivity index (χ2n) is 14.5. The van der Waals surface area contributed by atoms with Gasteiger partial charge in [0.15, 0.2) is 11.4 Å². The number of hydrogen-bond donors (Lipinski definition) is 0. The normalized spacial score (nSPS) is 11.9. The number of hydrogen-bond acceptors (Lipinski definition) is 3. The Bertz CT molecular complexity index is 3370. The van der Waals surface area contributed by atoms with E-state index in [1.54, 1.807) is 0 Å². The third-order valence-electron chi connectivity index (χ3n) is 11.4. The van der Waals surface area contributed by atoms with Crippen LogP contribution in [0.4, 0.5) is 0 Å². The molecule has 56 heavy (non-hydrogen) atoms. The lowest BCUT2D eigenvalue weighted by atomic mass is 9.95. The molecule has 0 amide bonds. The predicted octanol–water partition coefficient (Wildman–Crippen LogP) is 13.9. The molecule has 12 rings (SSSR count). The summed E-state index contributed by atoms with van der Waals surface area (Å²) in [7, 11) is 0. The highest BCUT2D eigenvalue weighted by molar-refractivity contribution is 6.34. The molecule has 0 radical (unpaired) electrons. The standard InChI is InChI=1S/C52H31N3O/c1-3-12-32(13-4-1)33-24-26-34(27-25-33)49-51-50(54-52(53-49)35-14-5-2-6-15-35)43-29-28-37(31-46(43)56-51)36-16-9-17-38(30-36)55-44-22-10-20-41-39-18-7-8-19-40(39)42-21-11-23-45(55)48(42)47(41)44/h1-31H. The third kappa shape index (κ3) is 4.60. The largest absolute Gasteiger partial charge is 0.452 e. The molecule has 0 saturated heterocycles. The predicted molar refractivity (Wildman–Crippen MR) is 232 cm³/mol. The highest BCUT2D eigenvalue weighted by atomic mass is 16.3. The number of rotatable bonds is 5. The Morgan fingerprint density at radius 1 is 0.375 bits per heavy atom. The van der Waals surface area contributed by atoms with Gasteiger partial charge in [-0.15, -0.1) is 0 Å². The molecule has 12 aromatic rings. The zero-order chi connectivity index (χ0) is 36.7. The van der Waals surface area contributed by atoms with Gasteiger partial charge in [-0.2, -0.15) is 0 Å². The van der Waals surface area contributed by atoms with E-state index in [9.17, 15) is 0 Å². The van der Waals surface area contributed by atoms with E-state index in [1.807, 2.05) is 24.3 Å². The van der Waals surface area contributed by atoms with Crippen molar-refractivity contribution in [3.63, 3.8) is 0 Å². The molecule has 3 heterocycles. The minimum Gasteiger partial charge on any atom is -0.452 e. The molecule has 3 aromatic heterocycles. The lowest BCUT2D eigenvalue weighted by molar-refractivity contribution is 0.667. The summed E-state index contributed by atoms with van der Waals surface area (Å²) < 4.78 is 9.18. The fourth-order valence-electron chi connectivity index (χ4n) is 8.80. The van der Waals surface area contributed by atoms with Gasteiger partial charge in [0.1, 0.15) is 16.8 Å². The molecule has 0 unspecified atom stereocenters. The van der Waals surface area contributed by atoms with Crippen LogP contribution in [0.5, 0.6) is 0 Å². The number of fused-ring (bicyclic) bond motifs is 6. The Morgan fingerprint density at radius 3 is 1.61 bits per heavy atom. The molecule has 0 aliphatic heterocycles. The average molecular weight is 714 g/mol. The lowest BCUT2D eigenvalue weighted by Gasteiger charge is -2.10. The molecule has 0 bridgehead atoms. The van der Waals surface area contributed by atoms with Crippen molar-refractivity contribution in [3.05, 3.63) is 188 Å². The first kappa shape index (κ1) is 30.9. The van der Waals surface area contributed by atoms with Gasteiger partial charge in [-0.25, -0.2) is 9.97 Å². The van der Waals surface area contributed by atoms with Crippen LogP contribution in [0.25, 0.3) is 116 Å². The zero-order valence-electron chi connectivity index (χ0n) is 30.1. The highest BCUT2D eigenvalue weighted by Gasteiger charge is 2.21. The van der Waals surface area contributed by atoms with Crippen LogP contribution in [-0.2, 0) is 0 Å². The average Bonchev–Trinajstić information content (AvgIpc) is 3.82. The molecule has 4 heteroatoms. The molecule has 0 aliphatic rings. The van der Waals surface area contributed by atoms with Crippen LogP contribution in [0.15, 0.2) is 192 Å². The van der Waals surface area contributed by atoms with E-state index in [2.05, 4.69) is 168 Å². The van der Waals surface area contributed by atoms with Crippen molar-refractivity contribution >= 4 is 65.4 Å². The summed E-state index contributed by atoms with van der Waals surface area (Å²) in [6, 6.07) is 66.6. The SMILES string of the molecule is c1ccc(-c2ccc(-c3nc(-c4ccccc4)nc4c3oc3cc(-c5cccc(-n6c7cccc8c9ccccc9c9cccc6c9c87)c5)ccc34)cc2)cc1. The van der Waals surface area contributed by atoms with Crippen LogP contribution >= 0.6 is 0 Å². The molecule has 0 fully saturated rings. The van der Waals surface area contributed by atoms with Gasteiger partial charge < -0.3 is 8.98 Å². The van der Waals surface area contributed by atoms with Crippen LogP contribution in [0, 0.1) is 0 Å². The maximum atomic E-state index is 6.76. The van der Waals surface area contributed by atoms with Crippen molar-refractivity contribution in [2.24, 2.45) is 0 Å². The summed E-state index contributed by atoms with van der Waals surface area (Å²) in [6.45, 7) is 0. The molecule has 0 spiro atoms. The highest BCUT2D eigenvalue weighted by Crippen LogP contribution is 2.44. The fraction of sp³-hybridized carbons (Fsp3) is 0. The van der Waals surface area contributed by atoms with Crippen LogP contribution in [0.1, 0.15) is 0 Å². The third-order valence-corrected chi connectivity index (χ3v) is 11.4. The topological polar surface area (TPSA) is 43.9 Å². The van der Waals surface area contributed by atoms with Crippen molar-refractivity contribution in [1.82, 2.24) is 14.5 Å². The lowest BCUT2D eigenvalue weighted by Crippen LogP contribution is -1.94. The second kappa shape index (κ2) is 12.0. The van der Waals surface area contributed by atoms with E-state index < -0.39 is 0 Å². The summed E-state index contributed by atoms with van der Waals surface area (Å²) in [5.74, 6) is 0.671. The van der Waals surface area contributed by atoms with E-state index in [1.165, 1.54) is 48.9 Å². The fourth-order valence-corrected chi connectivity index (χ4v) is 8.80. The van der Waals surface area contributed by atoms with E-state index in [4.69, 9.17) is 14.4 Å². The van der Waals surface area contributed by atoms with E-state index in [0.717, 1.165) is 55.7 Å². The molecule has 0 saturated carbocycles. The smallest absolute Gasteiger partial charge is 0.180 e. The molecular weight excluding hydrogens is 683 g/mol. The number of furan rings is 1. The molecular formula is C52H31N3O. The molecule has 0 N–H and O–H groups in total. The Morgan fingerprint density at radius 2 is 0.911 bits per heavy atom. The van der Waals surface area contributed by atoms with E-state index in [0.29, 0.717) is 11.4 Å². The van der Waals surface area contributed by atoms with Crippen LogP contribution < -0.4 is 0 Å². The minimum atomic E-state index is 0.671. The van der Waals surface area contributed by atoms with Gasteiger partial charge in [-0.1, -0.05) is 152 Å². The van der Waals surface area contributed by atoms with E-state index in [-0.39, 0.29) is 0 Å². The molecule has 4 nitrogen and oxygen atoms in total. The van der Waals surface area contributed by atoms with Gasteiger partial charge in [0.05, 0.1) is 11.0 Å². The zero-order valence-corrected chi connectivity index (χ0v) is 30.1. The quantitative estimate of drug-likeness (QED) is 0.167. The van der Waals surface area contributed by atoms with Crippen molar-refractivity contribution in [2.45, 2.75) is 0 Å². The monoisotopic (exact) mass is 713 g/mol.